The van der Waals surface area contributed by atoms with Crippen LogP contribution in [0.2, 0.25) is 0 Å². The van der Waals surface area contributed by atoms with Crippen molar-refractivity contribution in [2.75, 3.05) is 12.3 Å². The quantitative estimate of drug-likeness (QED) is 0.847. The lowest BCUT2D eigenvalue weighted by Gasteiger charge is -2.22. The van der Waals surface area contributed by atoms with Crippen molar-refractivity contribution < 1.29 is 9.90 Å². The molecule has 1 aromatic carbocycles. The molecular weight excluding hydrogens is 270 g/mol. The number of carbonyl (C=O) groups is 1. The zero-order valence-corrected chi connectivity index (χ0v) is 12.6. The van der Waals surface area contributed by atoms with Gasteiger partial charge in [0.15, 0.2) is 0 Å². The third-order valence-electron chi connectivity index (χ3n) is 4.64. The maximum absolute atomic E-state index is 11.2. The van der Waals surface area contributed by atoms with Gasteiger partial charge in [-0.1, -0.05) is 17.7 Å². The lowest BCUT2D eigenvalue weighted by Crippen LogP contribution is -2.34. The molecule has 1 N–H and O–H groups in total. The Hall–Kier alpha value is -1.00. The summed E-state index contributed by atoms with van der Waals surface area (Å²) in [5, 5.41) is 9.25. The first-order valence-corrected chi connectivity index (χ1v) is 8.32. The molecule has 0 aliphatic carbocycles. The molecule has 108 valence electrons. The highest BCUT2D eigenvalue weighted by Gasteiger charge is 2.48. The van der Waals surface area contributed by atoms with Crippen LogP contribution < -0.4 is 0 Å². The van der Waals surface area contributed by atoms with E-state index in [9.17, 15) is 9.90 Å². The number of rotatable bonds is 5. The molecule has 0 radical (unpaired) electrons. The van der Waals surface area contributed by atoms with Gasteiger partial charge in [-0.15, -0.1) is 11.8 Å². The molecule has 3 unspecified atom stereocenters. The molecule has 20 heavy (non-hydrogen) atoms. The van der Waals surface area contributed by atoms with E-state index in [1.54, 1.807) is 0 Å². The first kappa shape index (κ1) is 14.0. The second-order valence-corrected chi connectivity index (χ2v) is 7.05. The van der Waals surface area contributed by atoms with Gasteiger partial charge in [-0.3, -0.25) is 9.69 Å². The third-order valence-corrected chi connectivity index (χ3v) is 5.63. The first-order chi connectivity index (χ1) is 9.65. The Morgan fingerprint density at radius 1 is 1.35 bits per heavy atom. The second kappa shape index (κ2) is 5.78. The molecule has 2 saturated heterocycles. The number of hydrogen-bond acceptors (Lipinski definition) is 3. The summed E-state index contributed by atoms with van der Waals surface area (Å²) in [4.78, 5) is 15.0. The minimum absolute atomic E-state index is 0.127. The molecule has 3 atom stereocenters. The molecule has 0 saturated carbocycles. The predicted octanol–water partition coefficient (Wildman–Crippen LogP) is 3.02. The Kier molecular flexibility index (Phi) is 4.03. The predicted molar refractivity (Wildman–Crippen MR) is 81.2 cm³/mol. The average Bonchev–Trinajstić information content (AvgIpc) is 2.98. The molecule has 0 amide bonds. The Labute approximate surface area is 124 Å². The van der Waals surface area contributed by atoms with Crippen molar-refractivity contribution in [1.29, 1.82) is 0 Å². The first-order valence-electron chi connectivity index (χ1n) is 7.33. The van der Waals surface area contributed by atoms with E-state index in [1.165, 1.54) is 16.9 Å². The Bertz CT molecular complexity index is 488. The smallest absolute Gasteiger partial charge is 0.308 e. The lowest BCUT2D eigenvalue weighted by molar-refractivity contribution is -0.142. The largest absolute Gasteiger partial charge is 0.481 e. The van der Waals surface area contributed by atoms with Crippen LogP contribution >= 0.6 is 11.8 Å². The molecule has 3 nitrogen and oxygen atoms in total. The van der Waals surface area contributed by atoms with Crippen molar-refractivity contribution >= 4 is 17.7 Å². The zero-order valence-electron chi connectivity index (χ0n) is 11.8. The molecule has 0 aromatic heterocycles. The normalized spacial score (nSPS) is 28.9. The van der Waals surface area contributed by atoms with E-state index in [0.717, 1.165) is 25.1 Å². The second-order valence-electron chi connectivity index (χ2n) is 5.88. The summed E-state index contributed by atoms with van der Waals surface area (Å²) in [6.07, 6.45) is 3.11. The fraction of sp³-hybridized carbons (Fsp3) is 0.562. The van der Waals surface area contributed by atoms with Crippen LogP contribution in [0.1, 0.15) is 24.8 Å². The van der Waals surface area contributed by atoms with E-state index in [0.29, 0.717) is 6.04 Å². The Balaban J connectivity index is 1.52. The van der Waals surface area contributed by atoms with Crippen molar-refractivity contribution in [2.45, 2.75) is 43.2 Å². The van der Waals surface area contributed by atoms with E-state index in [1.807, 2.05) is 11.8 Å². The number of hydrogen-bond donors (Lipinski definition) is 1. The molecule has 4 heteroatoms. The maximum Gasteiger partial charge on any atom is 0.308 e. The summed E-state index contributed by atoms with van der Waals surface area (Å²) in [6, 6.07) is 9.41. The fourth-order valence-electron chi connectivity index (χ4n) is 3.62. The number of fused-ring (bicyclic) bond motifs is 2. The number of benzene rings is 1. The number of aliphatic carboxylic acids is 1. The molecule has 2 heterocycles. The van der Waals surface area contributed by atoms with Crippen LogP contribution in [-0.2, 0) is 4.79 Å². The number of carboxylic acid groups (broad SMARTS) is 1. The number of aryl methyl sites for hydroxylation is 1. The highest BCUT2D eigenvalue weighted by Crippen LogP contribution is 2.41. The van der Waals surface area contributed by atoms with Crippen LogP contribution in [0.5, 0.6) is 0 Å². The van der Waals surface area contributed by atoms with E-state index < -0.39 is 5.97 Å². The average molecular weight is 291 g/mol. The molecule has 1 aromatic rings. The van der Waals surface area contributed by atoms with Gasteiger partial charge in [-0.25, -0.2) is 0 Å². The summed E-state index contributed by atoms with van der Waals surface area (Å²) in [7, 11) is 0. The number of nitrogens with zero attached hydrogens (tertiary/aromatic N) is 1. The van der Waals surface area contributed by atoms with Crippen LogP contribution in [0.15, 0.2) is 29.2 Å². The van der Waals surface area contributed by atoms with Crippen molar-refractivity contribution in [3.63, 3.8) is 0 Å². The van der Waals surface area contributed by atoms with Crippen LogP contribution in [0.4, 0.5) is 0 Å². The summed E-state index contributed by atoms with van der Waals surface area (Å²) in [6.45, 7) is 3.11. The molecule has 2 aliphatic rings. The van der Waals surface area contributed by atoms with Gasteiger partial charge in [0.1, 0.15) is 0 Å². The molecule has 2 aliphatic heterocycles. The van der Waals surface area contributed by atoms with E-state index in [2.05, 4.69) is 36.1 Å². The van der Waals surface area contributed by atoms with Gasteiger partial charge in [-0.05, 0) is 38.3 Å². The zero-order chi connectivity index (χ0) is 14.1. The maximum atomic E-state index is 11.2. The lowest BCUT2D eigenvalue weighted by atomic mass is 9.89. The Morgan fingerprint density at radius 2 is 2.10 bits per heavy atom. The Morgan fingerprint density at radius 3 is 2.75 bits per heavy atom. The summed E-state index contributed by atoms with van der Waals surface area (Å²) in [5.74, 6) is 0.314. The summed E-state index contributed by atoms with van der Waals surface area (Å²) >= 11 is 1.87. The SMILES string of the molecule is Cc1ccc(SCCN2C3CCC2C(C(=O)O)C3)cc1. The molecule has 2 bridgehead atoms. The van der Waals surface area contributed by atoms with Crippen molar-refractivity contribution in [2.24, 2.45) is 5.92 Å². The fourth-order valence-corrected chi connectivity index (χ4v) is 4.48. The van der Waals surface area contributed by atoms with Gasteiger partial charge >= 0.3 is 5.97 Å². The van der Waals surface area contributed by atoms with Gasteiger partial charge in [0.05, 0.1) is 5.92 Å². The molecule has 2 fully saturated rings. The van der Waals surface area contributed by atoms with Gasteiger partial charge < -0.3 is 5.11 Å². The van der Waals surface area contributed by atoms with Gasteiger partial charge in [0.25, 0.3) is 0 Å². The van der Waals surface area contributed by atoms with Crippen LogP contribution in [0.25, 0.3) is 0 Å². The van der Waals surface area contributed by atoms with Crippen LogP contribution in [0, 0.1) is 12.8 Å². The topological polar surface area (TPSA) is 40.5 Å². The van der Waals surface area contributed by atoms with Crippen LogP contribution in [-0.4, -0.2) is 40.4 Å². The monoisotopic (exact) mass is 291 g/mol. The summed E-state index contributed by atoms with van der Waals surface area (Å²) in [5.41, 5.74) is 1.29. The van der Waals surface area contributed by atoms with E-state index in [-0.39, 0.29) is 12.0 Å². The molecular formula is C16H21NO2S. The third kappa shape index (κ3) is 2.72. The minimum Gasteiger partial charge on any atom is -0.481 e. The number of carboxylic acids is 1. The van der Waals surface area contributed by atoms with Crippen molar-refractivity contribution in [3.05, 3.63) is 29.8 Å². The van der Waals surface area contributed by atoms with Gasteiger partial charge in [0, 0.05) is 29.3 Å². The van der Waals surface area contributed by atoms with Crippen molar-refractivity contribution in [1.82, 2.24) is 4.90 Å². The molecule has 0 spiro atoms. The van der Waals surface area contributed by atoms with Crippen LogP contribution in [0.3, 0.4) is 0 Å². The minimum atomic E-state index is -0.603. The van der Waals surface area contributed by atoms with Gasteiger partial charge in [0.2, 0.25) is 0 Å². The van der Waals surface area contributed by atoms with E-state index >= 15 is 0 Å². The van der Waals surface area contributed by atoms with Gasteiger partial charge in [-0.2, -0.15) is 0 Å². The highest BCUT2D eigenvalue weighted by molar-refractivity contribution is 7.99. The van der Waals surface area contributed by atoms with Crippen molar-refractivity contribution in [3.8, 4) is 0 Å². The highest BCUT2D eigenvalue weighted by atomic mass is 32.2. The van der Waals surface area contributed by atoms with E-state index in [4.69, 9.17) is 0 Å². The number of thioether (sulfide) groups is 1. The molecule has 3 rings (SSSR count). The standard InChI is InChI=1S/C16H21NO2S/c1-11-2-5-13(6-3-11)20-9-8-17-12-4-7-15(17)14(10-12)16(18)19/h2-3,5-6,12,14-15H,4,7-10H2,1H3,(H,18,19). The summed E-state index contributed by atoms with van der Waals surface area (Å²) < 4.78 is 0.